The molecule has 1 aromatic rings. The van der Waals surface area contributed by atoms with Crippen LogP contribution in [0.25, 0.3) is 0 Å². The summed E-state index contributed by atoms with van der Waals surface area (Å²) < 4.78 is 24.3. The maximum atomic E-state index is 12.1. The van der Waals surface area contributed by atoms with E-state index in [1.807, 2.05) is 0 Å². The lowest BCUT2D eigenvalue weighted by Crippen LogP contribution is -2.31. The van der Waals surface area contributed by atoms with Crippen molar-refractivity contribution in [3.05, 3.63) is 39.9 Å². The van der Waals surface area contributed by atoms with Crippen LogP contribution < -0.4 is 5.32 Å². The van der Waals surface area contributed by atoms with Gasteiger partial charge in [0.05, 0.1) is 11.0 Å². The van der Waals surface area contributed by atoms with Gasteiger partial charge in [-0.15, -0.1) is 0 Å². The highest BCUT2D eigenvalue weighted by Gasteiger charge is 2.13. The topological polar surface area (TPSA) is 55.2 Å². The molecule has 1 atom stereocenters. The molecular formula is C10H12F2N2O2. The number of benzene rings is 1. The van der Waals surface area contributed by atoms with Crippen LogP contribution in [0.3, 0.4) is 0 Å². The molecule has 1 N–H and O–H groups in total. The van der Waals surface area contributed by atoms with Gasteiger partial charge in [0.1, 0.15) is 0 Å². The molecule has 0 aromatic heterocycles. The van der Waals surface area contributed by atoms with Crippen LogP contribution in [0, 0.1) is 10.1 Å². The van der Waals surface area contributed by atoms with E-state index in [2.05, 4.69) is 5.32 Å². The van der Waals surface area contributed by atoms with Crippen molar-refractivity contribution in [2.75, 3.05) is 0 Å². The smallest absolute Gasteiger partial charge is 0.269 e. The Balaban J connectivity index is 2.53. The highest BCUT2D eigenvalue weighted by atomic mass is 19.3. The van der Waals surface area contributed by atoms with Crippen LogP contribution >= 0.6 is 0 Å². The Bertz CT molecular complexity index is 354. The molecule has 0 fully saturated rings. The van der Waals surface area contributed by atoms with Gasteiger partial charge in [-0.1, -0.05) is 12.1 Å². The van der Waals surface area contributed by atoms with Crippen molar-refractivity contribution in [1.82, 2.24) is 5.32 Å². The van der Waals surface area contributed by atoms with Gasteiger partial charge in [0.15, 0.2) is 0 Å². The summed E-state index contributed by atoms with van der Waals surface area (Å²) in [6.07, 6.45) is -2.42. The second-order valence-corrected chi connectivity index (χ2v) is 3.43. The Labute approximate surface area is 91.4 Å². The molecule has 0 aliphatic heterocycles. The van der Waals surface area contributed by atoms with Crippen molar-refractivity contribution in [2.24, 2.45) is 0 Å². The third-order valence-electron chi connectivity index (χ3n) is 2.15. The minimum Gasteiger partial charge on any atom is -0.305 e. The first-order valence-corrected chi connectivity index (χ1v) is 4.75. The number of nitrogens with zero attached hydrogens (tertiary/aromatic N) is 1. The number of alkyl halides is 2. The van der Waals surface area contributed by atoms with E-state index in [0.717, 1.165) is 5.56 Å². The Kier molecular flexibility index (Phi) is 4.30. The molecule has 16 heavy (non-hydrogen) atoms. The third kappa shape index (κ3) is 3.54. The number of hydrogen-bond acceptors (Lipinski definition) is 3. The maximum Gasteiger partial charge on any atom is 0.269 e. The molecule has 4 nitrogen and oxygen atoms in total. The SMILES string of the molecule is CC(NCc1ccc([N+](=O)[O-])cc1)C(F)F. The number of rotatable bonds is 5. The highest BCUT2D eigenvalue weighted by molar-refractivity contribution is 5.32. The molecule has 0 spiro atoms. The molecule has 0 aliphatic carbocycles. The first kappa shape index (κ1) is 12.5. The summed E-state index contributed by atoms with van der Waals surface area (Å²) in [4.78, 5) is 9.86. The Morgan fingerprint density at radius 3 is 2.38 bits per heavy atom. The van der Waals surface area contributed by atoms with Gasteiger partial charge in [0.25, 0.3) is 12.1 Å². The largest absolute Gasteiger partial charge is 0.305 e. The van der Waals surface area contributed by atoms with E-state index >= 15 is 0 Å². The average Bonchev–Trinajstić information content (AvgIpc) is 2.26. The van der Waals surface area contributed by atoms with E-state index in [-0.39, 0.29) is 12.2 Å². The molecule has 0 bridgehead atoms. The van der Waals surface area contributed by atoms with Crippen molar-refractivity contribution in [2.45, 2.75) is 25.9 Å². The average molecular weight is 230 g/mol. The summed E-state index contributed by atoms with van der Waals surface area (Å²) in [6, 6.07) is 4.90. The first-order chi connectivity index (χ1) is 7.50. The predicted octanol–water partition coefficient (Wildman–Crippen LogP) is 2.34. The fourth-order valence-corrected chi connectivity index (χ4v) is 1.10. The zero-order chi connectivity index (χ0) is 12.1. The molecule has 0 saturated heterocycles. The number of nitrogens with one attached hydrogen (secondary N) is 1. The molecule has 6 heteroatoms. The lowest BCUT2D eigenvalue weighted by molar-refractivity contribution is -0.384. The number of nitro benzene ring substituents is 1. The molecule has 88 valence electrons. The summed E-state index contributed by atoms with van der Waals surface area (Å²) in [5.41, 5.74) is 0.726. The van der Waals surface area contributed by atoms with E-state index in [9.17, 15) is 18.9 Å². The van der Waals surface area contributed by atoms with Gasteiger partial charge in [-0.05, 0) is 12.5 Å². The van der Waals surface area contributed by atoms with Crippen LogP contribution in [0.1, 0.15) is 12.5 Å². The molecule has 0 radical (unpaired) electrons. The van der Waals surface area contributed by atoms with Crippen LogP contribution in [0.4, 0.5) is 14.5 Å². The second kappa shape index (κ2) is 5.50. The third-order valence-corrected chi connectivity index (χ3v) is 2.15. The molecule has 1 aromatic carbocycles. The van der Waals surface area contributed by atoms with Gasteiger partial charge in [0.2, 0.25) is 0 Å². The van der Waals surface area contributed by atoms with Crippen LogP contribution in [0.5, 0.6) is 0 Å². The fourth-order valence-electron chi connectivity index (χ4n) is 1.10. The van der Waals surface area contributed by atoms with Crippen LogP contribution in [-0.2, 0) is 6.54 Å². The zero-order valence-corrected chi connectivity index (χ0v) is 8.69. The van der Waals surface area contributed by atoms with Crippen molar-refractivity contribution in [3.63, 3.8) is 0 Å². The normalized spacial score (nSPS) is 12.8. The standard InChI is InChI=1S/C10H12F2N2O2/c1-7(10(11)12)13-6-8-2-4-9(5-3-8)14(15)16/h2-5,7,10,13H,6H2,1H3. The molecule has 1 unspecified atom stereocenters. The van der Waals surface area contributed by atoms with Gasteiger partial charge >= 0.3 is 0 Å². The minimum absolute atomic E-state index is 0.00865. The fraction of sp³-hybridized carbons (Fsp3) is 0.400. The van der Waals surface area contributed by atoms with Crippen LogP contribution in [-0.4, -0.2) is 17.4 Å². The predicted molar refractivity (Wildman–Crippen MR) is 55.4 cm³/mol. The summed E-state index contributed by atoms with van der Waals surface area (Å²) in [5, 5.41) is 13.0. The van der Waals surface area contributed by atoms with Crippen molar-refractivity contribution in [3.8, 4) is 0 Å². The number of hydrogen-bond donors (Lipinski definition) is 1. The van der Waals surface area contributed by atoms with Crippen molar-refractivity contribution in [1.29, 1.82) is 0 Å². The van der Waals surface area contributed by atoms with E-state index < -0.39 is 17.4 Å². The van der Waals surface area contributed by atoms with Gasteiger partial charge in [-0.3, -0.25) is 10.1 Å². The van der Waals surface area contributed by atoms with Gasteiger partial charge < -0.3 is 5.32 Å². The summed E-state index contributed by atoms with van der Waals surface area (Å²) >= 11 is 0. The molecule has 0 heterocycles. The Morgan fingerprint density at radius 2 is 1.94 bits per heavy atom. The molecule has 0 saturated carbocycles. The Morgan fingerprint density at radius 1 is 1.38 bits per heavy atom. The van der Waals surface area contributed by atoms with Crippen molar-refractivity contribution >= 4 is 5.69 Å². The maximum absolute atomic E-state index is 12.1. The number of halogens is 2. The monoisotopic (exact) mass is 230 g/mol. The number of nitro groups is 1. The molecular weight excluding hydrogens is 218 g/mol. The van der Waals surface area contributed by atoms with E-state index in [1.165, 1.54) is 19.1 Å². The van der Waals surface area contributed by atoms with Gasteiger partial charge in [-0.2, -0.15) is 0 Å². The van der Waals surface area contributed by atoms with Crippen LogP contribution in [0.2, 0.25) is 0 Å². The van der Waals surface area contributed by atoms with E-state index in [0.29, 0.717) is 0 Å². The first-order valence-electron chi connectivity index (χ1n) is 4.75. The zero-order valence-electron chi connectivity index (χ0n) is 8.69. The summed E-state index contributed by atoms with van der Waals surface area (Å²) in [5.74, 6) is 0. The van der Waals surface area contributed by atoms with Crippen LogP contribution in [0.15, 0.2) is 24.3 Å². The van der Waals surface area contributed by atoms with E-state index in [1.54, 1.807) is 12.1 Å². The lowest BCUT2D eigenvalue weighted by atomic mass is 10.2. The summed E-state index contributed by atoms with van der Waals surface area (Å²) in [6.45, 7) is 1.65. The van der Waals surface area contributed by atoms with E-state index in [4.69, 9.17) is 0 Å². The van der Waals surface area contributed by atoms with Gasteiger partial charge in [0, 0.05) is 18.7 Å². The lowest BCUT2D eigenvalue weighted by Gasteiger charge is -2.12. The number of non-ortho nitro benzene ring substituents is 1. The van der Waals surface area contributed by atoms with Gasteiger partial charge in [-0.25, -0.2) is 8.78 Å². The quantitative estimate of drug-likeness (QED) is 0.624. The highest BCUT2D eigenvalue weighted by Crippen LogP contribution is 2.12. The molecule has 0 amide bonds. The molecule has 1 rings (SSSR count). The minimum atomic E-state index is -2.42. The van der Waals surface area contributed by atoms with Crippen molar-refractivity contribution < 1.29 is 13.7 Å². The second-order valence-electron chi connectivity index (χ2n) is 3.43. The molecule has 0 aliphatic rings. The summed E-state index contributed by atoms with van der Waals surface area (Å²) in [7, 11) is 0. The Hall–Kier alpha value is -1.56.